The summed E-state index contributed by atoms with van der Waals surface area (Å²) in [5.74, 6) is -3.55. The monoisotopic (exact) mass is 403 g/mol. The Kier molecular flexibility index (Phi) is 4.61. The molecule has 11 heteroatoms. The number of halogens is 3. The summed E-state index contributed by atoms with van der Waals surface area (Å²) in [6.07, 6.45) is -4.51. The van der Waals surface area contributed by atoms with E-state index in [-0.39, 0.29) is 0 Å². The molecular weight excluding hydrogens is 391 g/mol. The van der Waals surface area contributed by atoms with E-state index in [0.29, 0.717) is 15.5 Å². The van der Waals surface area contributed by atoms with Gasteiger partial charge in [0.1, 0.15) is 5.25 Å². The molecule has 5 N–H and O–H groups in total. The van der Waals surface area contributed by atoms with Crippen molar-refractivity contribution in [3.8, 4) is 0 Å². The van der Waals surface area contributed by atoms with Gasteiger partial charge in [-0.3, -0.25) is 14.4 Å². The van der Waals surface area contributed by atoms with Gasteiger partial charge in [0, 0.05) is 10.8 Å². The zero-order valence-electron chi connectivity index (χ0n) is 12.9. The van der Waals surface area contributed by atoms with Crippen molar-refractivity contribution in [1.82, 2.24) is 4.98 Å². The van der Waals surface area contributed by atoms with E-state index < -0.39 is 45.5 Å². The molecule has 0 aliphatic carbocycles. The summed E-state index contributed by atoms with van der Waals surface area (Å²) in [6.45, 7) is 0. The first-order chi connectivity index (χ1) is 12.1. The number of carbonyl (C=O) groups excluding carboxylic acids is 2. The number of alkyl halides is 3. The molecule has 1 aliphatic heterocycles. The second kappa shape index (κ2) is 6.47. The van der Waals surface area contributed by atoms with Gasteiger partial charge < -0.3 is 16.5 Å². The molecule has 0 bridgehead atoms. The van der Waals surface area contributed by atoms with E-state index in [1.165, 1.54) is 12.1 Å². The van der Waals surface area contributed by atoms with Gasteiger partial charge >= 0.3 is 11.0 Å². The summed E-state index contributed by atoms with van der Waals surface area (Å²) in [5, 5.41) is -0.677. The number of primary amides is 2. The number of nitrogens with two attached hydrogens (primary N) is 2. The third kappa shape index (κ3) is 3.23. The topological polar surface area (TPSA) is 119 Å². The molecule has 1 aromatic heterocycles. The Morgan fingerprint density at radius 3 is 2.19 bits per heavy atom. The molecule has 0 spiro atoms. The zero-order valence-corrected chi connectivity index (χ0v) is 14.5. The Morgan fingerprint density at radius 2 is 1.69 bits per heavy atom. The smallest absolute Gasteiger partial charge is 0.369 e. The number of amides is 2. The van der Waals surface area contributed by atoms with Crippen molar-refractivity contribution in [3.63, 3.8) is 0 Å². The summed E-state index contributed by atoms with van der Waals surface area (Å²) >= 11 is 1.75. The van der Waals surface area contributed by atoms with Crippen LogP contribution >= 0.6 is 23.1 Å². The van der Waals surface area contributed by atoms with Gasteiger partial charge in [-0.05, 0) is 17.7 Å². The third-order valence-corrected chi connectivity index (χ3v) is 6.49. The van der Waals surface area contributed by atoms with Gasteiger partial charge in [0.05, 0.1) is 16.5 Å². The van der Waals surface area contributed by atoms with Crippen LogP contribution in [0.5, 0.6) is 0 Å². The van der Waals surface area contributed by atoms with E-state index in [2.05, 4.69) is 4.98 Å². The number of hydrogen-bond acceptors (Lipinski definition) is 5. The second-order valence-corrected chi connectivity index (χ2v) is 7.84. The average Bonchev–Trinajstić information content (AvgIpc) is 2.92. The summed E-state index contributed by atoms with van der Waals surface area (Å²) in [5.41, 5.74) is 10.3. The fourth-order valence-corrected chi connectivity index (χ4v) is 5.39. The van der Waals surface area contributed by atoms with Crippen LogP contribution in [0, 0.1) is 5.92 Å². The van der Waals surface area contributed by atoms with Crippen LogP contribution in [0.3, 0.4) is 0 Å². The number of thioether (sulfide) groups is 1. The highest BCUT2D eigenvalue weighted by Crippen LogP contribution is 2.49. The maximum atomic E-state index is 12.8. The van der Waals surface area contributed by atoms with E-state index in [9.17, 15) is 27.6 Å². The van der Waals surface area contributed by atoms with Crippen LogP contribution in [0.15, 0.2) is 34.1 Å². The first kappa shape index (κ1) is 18.5. The molecule has 26 heavy (non-hydrogen) atoms. The average molecular weight is 403 g/mol. The number of benzene rings is 1. The first-order valence-electron chi connectivity index (χ1n) is 7.25. The normalized spacial score (nSPS) is 22.7. The van der Waals surface area contributed by atoms with Gasteiger partial charge in [0.15, 0.2) is 0 Å². The highest BCUT2D eigenvalue weighted by Gasteiger charge is 2.46. The Bertz CT molecular complexity index is 921. The number of thiazole rings is 1. The van der Waals surface area contributed by atoms with Crippen LogP contribution in [0.1, 0.15) is 21.9 Å². The number of fused-ring (bicyclic) bond motifs is 1. The van der Waals surface area contributed by atoms with Gasteiger partial charge in [-0.15, -0.1) is 0 Å². The van der Waals surface area contributed by atoms with Crippen LogP contribution in [-0.2, 0) is 15.8 Å². The Balaban J connectivity index is 2.16. The van der Waals surface area contributed by atoms with Crippen molar-refractivity contribution in [2.75, 3.05) is 0 Å². The maximum absolute atomic E-state index is 12.8. The van der Waals surface area contributed by atoms with Crippen molar-refractivity contribution in [2.24, 2.45) is 17.4 Å². The van der Waals surface area contributed by atoms with Crippen LogP contribution < -0.4 is 16.3 Å². The van der Waals surface area contributed by atoms with E-state index in [4.69, 9.17) is 11.5 Å². The minimum Gasteiger partial charge on any atom is -0.369 e. The number of rotatable bonds is 3. The fraction of sp³-hybridized carbons (Fsp3) is 0.267. The maximum Gasteiger partial charge on any atom is 0.416 e. The molecule has 0 saturated heterocycles. The van der Waals surface area contributed by atoms with Crippen LogP contribution in [0.4, 0.5) is 13.2 Å². The predicted molar refractivity (Wildman–Crippen MR) is 89.8 cm³/mol. The first-order valence-corrected chi connectivity index (χ1v) is 8.94. The molecular formula is C15H12F3N3O3S2. The highest BCUT2D eigenvalue weighted by molar-refractivity contribution is 8.00. The Morgan fingerprint density at radius 1 is 1.08 bits per heavy atom. The summed E-state index contributed by atoms with van der Waals surface area (Å²) in [7, 11) is 0. The van der Waals surface area contributed by atoms with Crippen LogP contribution in [0.2, 0.25) is 0 Å². The molecule has 0 fully saturated rings. The Hall–Kier alpha value is -2.27. The van der Waals surface area contributed by atoms with Crippen molar-refractivity contribution in [1.29, 1.82) is 0 Å². The number of nitrogens with one attached hydrogen (secondary N) is 1. The van der Waals surface area contributed by atoms with Crippen LogP contribution in [-0.4, -0.2) is 22.0 Å². The van der Waals surface area contributed by atoms with E-state index in [0.717, 1.165) is 35.2 Å². The lowest BCUT2D eigenvalue weighted by molar-refractivity contribution is -0.137. The number of aromatic amines is 1. The molecule has 0 radical (unpaired) electrons. The number of aromatic nitrogens is 1. The molecule has 2 aromatic rings. The zero-order chi connectivity index (χ0) is 19.2. The molecule has 0 saturated carbocycles. The van der Waals surface area contributed by atoms with Crippen molar-refractivity contribution in [2.45, 2.75) is 22.4 Å². The van der Waals surface area contributed by atoms with Gasteiger partial charge in [-0.2, -0.15) is 13.2 Å². The molecule has 138 valence electrons. The van der Waals surface area contributed by atoms with Crippen molar-refractivity contribution >= 4 is 34.9 Å². The lowest BCUT2D eigenvalue weighted by Crippen LogP contribution is -2.45. The van der Waals surface area contributed by atoms with Crippen LogP contribution in [0.25, 0.3) is 0 Å². The Labute approximate surface area is 152 Å². The van der Waals surface area contributed by atoms with E-state index in [1.54, 1.807) is 0 Å². The highest BCUT2D eigenvalue weighted by atomic mass is 32.2. The quantitative estimate of drug-likeness (QED) is 0.722. The minimum atomic E-state index is -4.51. The van der Waals surface area contributed by atoms with Gasteiger partial charge in [0.2, 0.25) is 11.8 Å². The summed E-state index contributed by atoms with van der Waals surface area (Å²) < 4.78 is 38.4. The third-order valence-electron chi connectivity index (χ3n) is 4.06. The molecule has 1 aromatic carbocycles. The molecule has 2 amide bonds. The fourth-order valence-electron chi connectivity index (χ4n) is 2.94. The van der Waals surface area contributed by atoms with Gasteiger partial charge in [-0.1, -0.05) is 35.2 Å². The standard InChI is InChI=1S/C15H12F3N3O3S2/c16-15(17,18)6-3-1-5(2-4-6)7-8(11(19)22)9(12(20)23)25-13-10(7)26-14(24)21-13/h1-4,7-9H,(H2,19,22)(H2,20,23)(H,21,24)/t7-,8-,9+/m1/s1. The van der Waals surface area contributed by atoms with E-state index >= 15 is 0 Å². The predicted octanol–water partition coefficient (Wildman–Crippen LogP) is 1.65. The van der Waals surface area contributed by atoms with Gasteiger partial charge in [0.25, 0.3) is 0 Å². The molecule has 3 rings (SSSR count). The SMILES string of the molecule is NC(=O)[C@@H]1[C@@H](c2ccc(C(F)(F)F)cc2)c2sc(=O)[nH]c2S[C@@H]1C(N)=O. The molecule has 2 heterocycles. The van der Waals surface area contributed by atoms with E-state index in [1.807, 2.05) is 0 Å². The molecule has 3 atom stereocenters. The number of H-pyrrole nitrogens is 1. The van der Waals surface area contributed by atoms with Crippen molar-refractivity contribution in [3.05, 3.63) is 49.9 Å². The number of hydrogen-bond donors (Lipinski definition) is 3. The minimum absolute atomic E-state index is 0.338. The molecule has 1 aliphatic rings. The second-order valence-electron chi connectivity index (χ2n) is 5.67. The molecule has 6 nitrogen and oxygen atoms in total. The summed E-state index contributed by atoms with van der Waals surface area (Å²) in [6, 6.07) is 4.18. The number of carbonyl (C=O) groups is 2. The molecule has 0 unspecified atom stereocenters. The van der Waals surface area contributed by atoms with Gasteiger partial charge in [-0.25, -0.2) is 0 Å². The summed E-state index contributed by atoms with van der Waals surface area (Å²) in [4.78, 5) is 38.2. The lowest BCUT2D eigenvalue weighted by Gasteiger charge is -2.33. The van der Waals surface area contributed by atoms with Crippen molar-refractivity contribution < 1.29 is 22.8 Å². The largest absolute Gasteiger partial charge is 0.416 e. The lowest BCUT2D eigenvalue weighted by atomic mass is 9.81.